The summed E-state index contributed by atoms with van der Waals surface area (Å²) < 4.78 is 0. The first-order valence-electron chi connectivity index (χ1n) is 2.37. The normalized spacial score (nSPS) is 5.33. The number of hydrogen-bond acceptors (Lipinski definition) is 0. The van der Waals surface area contributed by atoms with Crippen molar-refractivity contribution in [2.75, 3.05) is 28.2 Å². The van der Waals surface area contributed by atoms with Crippen LogP contribution >= 0.6 is 0 Å². The molecular weight excluding hydrogens is 284 g/mol. The molecule has 0 heterocycles. The summed E-state index contributed by atoms with van der Waals surface area (Å²) in [5.74, 6) is 0. The monoisotopic (exact) mass is 300 g/mol. The molecule has 0 saturated heterocycles. The second kappa shape index (κ2) is 40.2. The second-order valence-electron chi connectivity index (χ2n) is 1.10. The van der Waals surface area contributed by atoms with Gasteiger partial charge in [-0.05, 0) is 0 Å². The second-order valence-corrected chi connectivity index (χ2v) is 2.57. The summed E-state index contributed by atoms with van der Waals surface area (Å²) in [6, 6.07) is 0. The van der Waals surface area contributed by atoms with Gasteiger partial charge in [0.2, 0.25) is 0 Å². The van der Waals surface area contributed by atoms with Crippen LogP contribution in [0.2, 0.25) is 0 Å². The van der Waals surface area contributed by atoms with E-state index < -0.39 is 0 Å². The zero-order chi connectivity index (χ0) is 8.12. The molecule has 58 valence electrons. The Balaban J connectivity index is -0.0000000600. The SMILES string of the molecule is C[N-]C.C[N-]C.[CH2]=[W]=[CH2]. The molecule has 0 spiro atoms. The number of nitrogens with zero attached hydrogens (tertiary/aromatic N) is 2. The Hall–Kier alpha value is 0.348. The summed E-state index contributed by atoms with van der Waals surface area (Å²) in [7, 11) is 7.00. The third-order valence-electron chi connectivity index (χ3n) is 0. The summed E-state index contributed by atoms with van der Waals surface area (Å²) in [4.78, 5) is 7.08. The van der Waals surface area contributed by atoms with E-state index in [9.17, 15) is 0 Å². The van der Waals surface area contributed by atoms with Gasteiger partial charge in [0, 0.05) is 0 Å². The molecule has 0 aromatic carbocycles. The number of hydrogen-bond donors (Lipinski definition) is 0. The minimum atomic E-state index is -0.250. The topological polar surface area (TPSA) is 28.2 Å². The summed E-state index contributed by atoms with van der Waals surface area (Å²) in [6.45, 7) is 0. The molecule has 0 amide bonds. The molecular formula is C6H16N2W-2. The minimum absolute atomic E-state index is 0.250. The molecule has 0 radical (unpaired) electrons. The molecule has 0 unspecified atom stereocenters. The Morgan fingerprint density at radius 1 is 0.889 bits per heavy atom. The first-order chi connectivity index (χ1) is 4.24. The average Bonchev–Trinajstić information content (AvgIpc) is 1.70. The number of rotatable bonds is 0. The molecule has 0 saturated carbocycles. The summed E-state index contributed by atoms with van der Waals surface area (Å²) in [6.07, 6.45) is 0. The third-order valence-corrected chi connectivity index (χ3v) is 0. The van der Waals surface area contributed by atoms with E-state index in [0.717, 1.165) is 0 Å². The van der Waals surface area contributed by atoms with Crippen molar-refractivity contribution in [1.82, 2.24) is 0 Å². The van der Waals surface area contributed by atoms with Crippen molar-refractivity contribution in [3.63, 3.8) is 0 Å². The first kappa shape index (κ1) is 16.2. The van der Waals surface area contributed by atoms with E-state index >= 15 is 0 Å². The zero-order valence-electron chi connectivity index (χ0n) is 6.72. The quantitative estimate of drug-likeness (QED) is 0.642. The van der Waals surface area contributed by atoms with Gasteiger partial charge in [0.05, 0.1) is 0 Å². The molecule has 0 bridgehead atoms. The fourth-order valence-corrected chi connectivity index (χ4v) is 0. The van der Waals surface area contributed by atoms with Gasteiger partial charge >= 0.3 is 27.4 Å². The maximum absolute atomic E-state index is 3.54. The van der Waals surface area contributed by atoms with Gasteiger partial charge in [-0.25, -0.2) is 0 Å². The van der Waals surface area contributed by atoms with Crippen LogP contribution < -0.4 is 0 Å². The van der Waals surface area contributed by atoms with Crippen LogP contribution in [-0.4, -0.2) is 38.0 Å². The van der Waals surface area contributed by atoms with E-state index in [1.807, 2.05) is 0 Å². The van der Waals surface area contributed by atoms with Gasteiger partial charge in [0.25, 0.3) is 0 Å². The molecule has 0 aliphatic rings. The summed E-state index contributed by atoms with van der Waals surface area (Å²) in [5, 5.41) is 7.00. The Bertz CT molecular complexity index is 47.0. The summed E-state index contributed by atoms with van der Waals surface area (Å²) in [5.41, 5.74) is 0. The third kappa shape index (κ3) is 2770. The average molecular weight is 300 g/mol. The van der Waals surface area contributed by atoms with Crippen LogP contribution in [0.4, 0.5) is 0 Å². The van der Waals surface area contributed by atoms with Crippen molar-refractivity contribution in [3.05, 3.63) is 10.6 Å². The molecule has 9 heavy (non-hydrogen) atoms. The van der Waals surface area contributed by atoms with E-state index in [2.05, 4.69) is 20.4 Å². The van der Waals surface area contributed by atoms with Crippen LogP contribution in [0.1, 0.15) is 0 Å². The van der Waals surface area contributed by atoms with Crippen molar-refractivity contribution in [2.45, 2.75) is 0 Å². The fraction of sp³-hybridized carbons (Fsp3) is 0.667. The van der Waals surface area contributed by atoms with Crippen LogP contribution in [0.15, 0.2) is 0 Å². The van der Waals surface area contributed by atoms with E-state index in [1.54, 1.807) is 28.2 Å². The van der Waals surface area contributed by atoms with Gasteiger partial charge in [-0.2, -0.15) is 28.2 Å². The molecule has 0 N–H and O–H groups in total. The van der Waals surface area contributed by atoms with Crippen LogP contribution in [0.3, 0.4) is 0 Å². The summed E-state index contributed by atoms with van der Waals surface area (Å²) >= 11 is -0.250. The zero-order valence-corrected chi connectivity index (χ0v) is 9.65. The van der Waals surface area contributed by atoms with Gasteiger partial charge in [0.1, 0.15) is 0 Å². The predicted molar refractivity (Wildman–Crippen MR) is 44.7 cm³/mol. The van der Waals surface area contributed by atoms with Crippen LogP contribution in [0.5, 0.6) is 0 Å². The molecule has 2 nitrogen and oxygen atoms in total. The molecule has 0 aliphatic heterocycles. The van der Waals surface area contributed by atoms with Crippen LogP contribution in [0, 0.1) is 0 Å². The fourth-order valence-electron chi connectivity index (χ4n) is 0. The van der Waals surface area contributed by atoms with E-state index in [0.29, 0.717) is 0 Å². The molecule has 0 aromatic heterocycles. The molecule has 0 aromatic rings. The standard InChI is InChI=1S/2C2H6N.2CH2.W/c2*1-3-2;;;/h2*1-2H3;2*1H2;/q2*-1;;;. The molecule has 0 aliphatic carbocycles. The van der Waals surface area contributed by atoms with Gasteiger partial charge in [-0.15, -0.1) is 0 Å². The molecule has 0 atom stereocenters. The van der Waals surface area contributed by atoms with Gasteiger partial charge in [-0.1, -0.05) is 0 Å². The van der Waals surface area contributed by atoms with Crippen molar-refractivity contribution >= 4 is 9.81 Å². The Morgan fingerprint density at radius 2 is 0.889 bits per heavy atom. The van der Waals surface area contributed by atoms with Gasteiger partial charge in [0.15, 0.2) is 0 Å². The Kier molecular flexibility index (Phi) is 72.2. The van der Waals surface area contributed by atoms with Crippen molar-refractivity contribution in [2.24, 2.45) is 0 Å². The molecule has 0 rings (SSSR count). The van der Waals surface area contributed by atoms with Crippen molar-refractivity contribution in [3.8, 4) is 0 Å². The van der Waals surface area contributed by atoms with Crippen molar-refractivity contribution in [1.29, 1.82) is 0 Å². The Morgan fingerprint density at radius 3 is 0.889 bits per heavy atom. The van der Waals surface area contributed by atoms with Gasteiger partial charge in [-0.3, -0.25) is 0 Å². The molecule has 0 fully saturated rings. The van der Waals surface area contributed by atoms with E-state index in [4.69, 9.17) is 0 Å². The Labute approximate surface area is 66.6 Å². The first-order valence-corrected chi connectivity index (χ1v) is 6.51. The van der Waals surface area contributed by atoms with Gasteiger partial charge < -0.3 is 10.6 Å². The van der Waals surface area contributed by atoms with E-state index in [1.165, 1.54) is 0 Å². The van der Waals surface area contributed by atoms with Crippen molar-refractivity contribution < 1.29 is 17.6 Å². The predicted octanol–water partition coefficient (Wildman–Crippen LogP) is 1.17. The van der Waals surface area contributed by atoms with Crippen LogP contribution in [-0.2, 0) is 17.6 Å². The van der Waals surface area contributed by atoms with Crippen LogP contribution in [0.25, 0.3) is 10.6 Å². The maximum atomic E-state index is 3.54. The molecule has 3 heteroatoms. The van der Waals surface area contributed by atoms with E-state index in [-0.39, 0.29) is 17.6 Å².